The van der Waals surface area contributed by atoms with E-state index in [2.05, 4.69) is 15.8 Å². The van der Waals surface area contributed by atoms with Gasteiger partial charge in [-0.25, -0.2) is 13.8 Å². The SMILES string of the molecule is C/C(=N/NC(=O)CN(c1ccc(Cl)c(C(F)(F)F)c1)S(=O)(=O)c1ccc(C)cc1)c1ccc(NC(=O)c2ccccc2)cc1. The third kappa shape index (κ3) is 7.82. The second kappa shape index (κ2) is 13.3. The van der Waals surface area contributed by atoms with Crippen molar-refractivity contribution in [3.63, 3.8) is 0 Å². The summed E-state index contributed by atoms with van der Waals surface area (Å²) in [6.45, 7) is 2.45. The van der Waals surface area contributed by atoms with Crippen LogP contribution in [0, 0.1) is 6.92 Å². The maximum absolute atomic E-state index is 13.6. The number of hydrogen-bond donors (Lipinski definition) is 2. The topological polar surface area (TPSA) is 108 Å². The highest BCUT2D eigenvalue weighted by molar-refractivity contribution is 7.92. The minimum atomic E-state index is -4.87. The molecule has 0 aromatic heterocycles. The molecule has 0 saturated carbocycles. The van der Waals surface area contributed by atoms with Crippen LogP contribution in [0.5, 0.6) is 0 Å². The Morgan fingerprint density at radius 2 is 1.52 bits per heavy atom. The van der Waals surface area contributed by atoms with Crippen LogP contribution in [0.15, 0.2) is 107 Å². The number of carbonyl (C=O) groups excluding carboxylic acids is 2. The molecule has 4 aromatic rings. The predicted octanol–water partition coefficient (Wildman–Crippen LogP) is 6.66. The van der Waals surface area contributed by atoms with Crippen LogP contribution in [0.1, 0.15) is 34.0 Å². The van der Waals surface area contributed by atoms with Gasteiger partial charge in [0.1, 0.15) is 6.54 Å². The minimum absolute atomic E-state index is 0.224. The third-order valence-corrected chi connectivity index (χ3v) is 8.50. The first kappa shape index (κ1) is 32.2. The first-order valence-corrected chi connectivity index (χ1v) is 14.8. The molecule has 0 bridgehead atoms. The van der Waals surface area contributed by atoms with E-state index in [0.29, 0.717) is 32.9 Å². The number of sulfonamides is 1. The predicted molar refractivity (Wildman–Crippen MR) is 163 cm³/mol. The summed E-state index contributed by atoms with van der Waals surface area (Å²) in [4.78, 5) is 25.1. The van der Waals surface area contributed by atoms with Gasteiger partial charge in [-0.3, -0.25) is 13.9 Å². The van der Waals surface area contributed by atoms with Crippen molar-refractivity contribution in [2.45, 2.75) is 24.9 Å². The van der Waals surface area contributed by atoms with E-state index in [-0.39, 0.29) is 10.8 Å². The van der Waals surface area contributed by atoms with E-state index in [0.717, 1.165) is 17.7 Å². The fraction of sp³-hybridized carbons (Fsp3) is 0.129. The van der Waals surface area contributed by atoms with Crippen molar-refractivity contribution < 1.29 is 31.2 Å². The van der Waals surface area contributed by atoms with Crippen LogP contribution >= 0.6 is 11.6 Å². The van der Waals surface area contributed by atoms with Gasteiger partial charge in [0.25, 0.3) is 21.8 Å². The first-order valence-electron chi connectivity index (χ1n) is 13.0. The van der Waals surface area contributed by atoms with Gasteiger partial charge in [-0.15, -0.1) is 0 Å². The number of nitrogens with one attached hydrogen (secondary N) is 2. The summed E-state index contributed by atoms with van der Waals surface area (Å²) < 4.78 is 68.4. The van der Waals surface area contributed by atoms with Crippen LogP contribution < -0.4 is 15.0 Å². The molecule has 228 valence electrons. The van der Waals surface area contributed by atoms with Crippen LogP contribution in [0.2, 0.25) is 5.02 Å². The van der Waals surface area contributed by atoms with Crippen LogP contribution in [-0.4, -0.2) is 32.5 Å². The molecule has 0 aliphatic rings. The third-order valence-electron chi connectivity index (χ3n) is 6.38. The van der Waals surface area contributed by atoms with E-state index < -0.39 is 44.9 Å². The fourth-order valence-corrected chi connectivity index (χ4v) is 5.64. The lowest BCUT2D eigenvalue weighted by Gasteiger charge is -2.25. The summed E-state index contributed by atoms with van der Waals surface area (Å²) in [7, 11) is -4.49. The highest BCUT2D eigenvalue weighted by Gasteiger charge is 2.35. The van der Waals surface area contributed by atoms with E-state index in [4.69, 9.17) is 11.6 Å². The standard InChI is InChI=1S/C31H26ClF3N4O4S/c1-20-8-15-26(16-9-20)44(42,43)39(25-14-17-28(32)27(18-25)31(33,34)35)19-29(40)38-37-21(2)22-10-12-24(13-11-22)36-30(41)23-6-4-3-5-7-23/h3-18H,19H2,1-2H3,(H,36,41)(H,38,40)/b37-21-. The number of amides is 2. The molecule has 0 heterocycles. The van der Waals surface area contributed by atoms with Gasteiger partial charge in [0.2, 0.25) is 0 Å². The Kier molecular flexibility index (Phi) is 9.75. The minimum Gasteiger partial charge on any atom is -0.322 e. The smallest absolute Gasteiger partial charge is 0.322 e. The molecule has 0 atom stereocenters. The number of hydrazone groups is 1. The Morgan fingerprint density at radius 3 is 2.14 bits per heavy atom. The molecule has 0 spiro atoms. The van der Waals surface area contributed by atoms with Crippen molar-refractivity contribution in [3.05, 3.63) is 124 Å². The zero-order chi connectivity index (χ0) is 32.1. The molecule has 0 saturated heterocycles. The Balaban J connectivity index is 1.54. The highest BCUT2D eigenvalue weighted by Crippen LogP contribution is 2.38. The molecule has 0 fully saturated rings. The largest absolute Gasteiger partial charge is 0.417 e. The molecular formula is C31H26ClF3N4O4S. The van der Waals surface area contributed by atoms with Gasteiger partial charge in [0, 0.05) is 11.3 Å². The van der Waals surface area contributed by atoms with E-state index in [9.17, 15) is 31.2 Å². The lowest BCUT2D eigenvalue weighted by Crippen LogP contribution is -2.40. The Labute approximate surface area is 257 Å². The molecule has 0 radical (unpaired) electrons. The maximum Gasteiger partial charge on any atom is 0.417 e. The van der Waals surface area contributed by atoms with E-state index >= 15 is 0 Å². The zero-order valence-corrected chi connectivity index (χ0v) is 25.0. The number of rotatable bonds is 9. The molecule has 0 aliphatic carbocycles. The Bertz CT molecular complexity index is 1800. The summed E-state index contributed by atoms with van der Waals surface area (Å²) in [5, 5.41) is 6.17. The summed E-state index contributed by atoms with van der Waals surface area (Å²) in [6.07, 6.45) is -4.87. The lowest BCUT2D eigenvalue weighted by molar-refractivity contribution is -0.137. The maximum atomic E-state index is 13.6. The number of halogens is 4. The van der Waals surface area contributed by atoms with Gasteiger partial charge < -0.3 is 5.32 Å². The van der Waals surface area contributed by atoms with Gasteiger partial charge in [-0.05, 0) is 74.0 Å². The van der Waals surface area contributed by atoms with Gasteiger partial charge in [0.05, 0.1) is 26.9 Å². The summed E-state index contributed by atoms with van der Waals surface area (Å²) >= 11 is 5.74. The van der Waals surface area contributed by atoms with Crippen molar-refractivity contribution in [2.24, 2.45) is 5.10 Å². The highest BCUT2D eigenvalue weighted by atomic mass is 35.5. The second-order valence-corrected chi connectivity index (χ2v) is 11.9. The molecule has 13 heteroatoms. The van der Waals surface area contributed by atoms with Crippen LogP contribution in [-0.2, 0) is 21.0 Å². The zero-order valence-electron chi connectivity index (χ0n) is 23.4. The van der Waals surface area contributed by atoms with E-state index in [1.165, 1.54) is 24.3 Å². The van der Waals surface area contributed by atoms with Gasteiger partial charge >= 0.3 is 6.18 Å². The summed E-state index contributed by atoms with van der Waals surface area (Å²) in [5.41, 5.74) is 3.30. The Hall–Kier alpha value is -4.68. The number of carbonyl (C=O) groups is 2. The number of aryl methyl sites for hydroxylation is 1. The molecular weight excluding hydrogens is 617 g/mol. The van der Waals surface area contributed by atoms with Gasteiger partial charge in [0.15, 0.2) is 0 Å². The van der Waals surface area contributed by atoms with Crippen LogP contribution in [0.3, 0.4) is 0 Å². The quantitative estimate of drug-likeness (QED) is 0.157. The van der Waals surface area contributed by atoms with Crippen LogP contribution in [0.25, 0.3) is 0 Å². The second-order valence-electron chi connectivity index (χ2n) is 9.62. The number of anilines is 2. The fourth-order valence-electron chi connectivity index (χ4n) is 4.00. The molecule has 2 N–H and O–H groups in total. The molecule has 2 amide bonds. The normalized spacial score (nSPS) is 12.0. The first-order chi connectivity index (χ1) is 20.8. The summed E-state index contributed by atoms with van der Waals surface area (Å²) in [5.74, 6) is -1.19. The summed E-state index contributed by atoms with van der Waals surface area (Å²) in [6, 6.07) is 23.5. The van der Waals surface area contributed by atoms with Crippen molar-refractivity contribution in [2.75, 3.05) is 16.2 Å². The number of alkyl halides is 3. The van der Waals surface area contributed by atoms with E-state index in [1.807, 2.05) is 0 Å². The van der Waals surface area contributed by atoms with Gasteiger partial charge in [-0.1, -0.05) is 59.6 Å². The molecule has 44 heavy (non-hydrogen) atoms. The number of benzene rings is 4. The monoisotopic (exact) mass is 642 g/mol. The lowest BCUT2D eigenvalue weighted by atomic mass is 10.1. The van der Waals surface area contributed by atoms with Crippen molar-refractivity contribution in [3.8, 4) is 0 Å². The molecule has 0 aliphatic heterocycles. The molecule has 0 unspecified atom stereocenters. The average Bonchev–Trinajstić information content (AvgIpc) is 2.99. The van der Waals surface area contributed by atoms with Crippen molar-refractivity contribution in [1.29, 1.82) is 0 Å². The van der Waals surface area contributed by atoms with Crippen molar-refractivity contribution >= 4 is 50.5 Å². The van der Waals surface area contributed by atoms with Crippen LogP contribution in [0.4, 0.5) is 24.5 Å². The Morgan fingerprint density at radius 1 is 0.886 bits per heavy atom. The number of hydrogen-bond acceptors (Lipinski definition) is 5. The number of nitrogens with zero attached hydrogens (tertiary/aromatic N) is 2. The molecule has 4 aromatic carbocycles. The van der Waals surface area contributed by atoms with E-state index in [1.54, 1.807) is 68.4 Å². The molecule has 8 nitrogen and oxygen atoms in total. The molecule has 4 rings (SSSR count). The van der Waals surface area contributed by atoms with Gasteiger partial charge in [-0.2, -0.15) is 18.3 Å². The van der Waals surface area contributed by atoms with Crippen molar-refractivity contribution in [1.82, 2.24) is 5.43 Å². The average molecular weight is 643 g/mol.